The van der Waals surface area contributed by atoms with Gasteiger partial charge in [0.1, 0.15) is 5.82 Å². The Morgan fingerprint density at radius 2 is 2.05 bits per heavy atom. The number of carbonyl (C=O) groups excluding carboxylic acids is 1. The third-order valence-corrected chi connectivity index (χ3v) is 3.84. The summed E-state index contributed by atoms with van der Waals surface area (Å²) in [5.41, 5.74) is 0.589. The molecule has 1 aliphatic rings. The number of anilines is 1. The van der Waals surface area contributed by atoms with Crippen LogP contribution in [0.1, 0.15) is 36.0 Å². The largest absolute Gasteiger partial charge is 0.393 e. The molecule has 0 unspecified atom stereocenters. The monoisotopic (exact) mass is 277 g/mol. The van der Waals surface area contributed by atoms with Crippen molar-refractivity contribution in [3.8, 4) is 0 Å². The van der Waals surface area contributed by atoms with E-state index in [1.807, 2.05) is 25.1 Å². The minimum atomic E-state index is -0.148. The van der Waals surface area contributed by atoms with Gasteiger partial charge in [-0.3, -0.25) is 4.79 Å². The first-order chi connectivity index (χ1) is 9.56. The van der Waals surface area contributed by atoms with Gasteiger partial charge >= 0.3 is 0 Å². The lowest BCUT2D eigenvalue weighted by Crippen LogP contribution is -2.32. The Labute approximate surface area is 120 Å². The number of nitrogens with zero attached hydrogens (tertiary/aromatic N) is 2. The maximum atomic E-state index is 12.0. The highest BCUT2D eigenvalue weighted by atomic mass is 16.3. The summed E-state index contributed by atoms with van der Waals surface area (Å²) >= 11 is 0. The van der Waals surface area contributed by atoms with Gasteiger partial charge in [0, 0.05) is 26.8 Å². The van der Waals surface area contributed by atoms with E-state index in [1.54, 1.807) is 12.3 Å². The molecule has 1 aromatic heterocycles. The molecule has 5 nitrogen and oxygen atoms in total. The summed E-state index contributed by atoms with van der Waals surface area (Å²) in [6.45, 7) is 0.682. The Kier molecular flexibility index (Phi) is 4.95. The molecule has 1 amide bonds. The Morgan fingerprint density at radius 3 is 2.60 bits per heavy atom. The number of aliphatic hydroxyl groups is 1. The van der Waals surface area contributed by atoms with E-state index in [0.717, 1.165) is 31.5 Å². The molecule has 5 heteroatoms. The van der Waals surface area contributed by atoms with Crippen LogP contribution in [0.3, 0.4) is 0 Å². The van der Waals surface area contributed by atoms with Crippen LogP contribution in [-0.2, 0) is 0 Å². The molecule has 110 valence electrons. The summed E-state index contributed by atoms with van der Waals surface area (Å²) in [6, 6.07) is 3.63. The molecule has 0 saturated heterocycles. The molecule has 2 N–H and O–H groups in total. The fourth-order valence-electron chi connectivity index (χ4n) is 2.47. The fraction of sp³-hybridized carbons (Fsp3) is 0.600. The molecule has 2 rings (SSSR count). The molecule has 1 fully saturated rings. The van der Waals surface area contributed by atoms with Crippen molar-refractivity contribution in [2.75, 3.05) is 25.5 Å². The van der Waals surface area contributed by atoms with Crippen LogP contribution in [0.2, 0.25) is 0 Å². The van der Waals surface area contributed by atoms with E-state index in [0.29, 0.717) is 18.0 Å². The van der Waals surface area contributed by atoms with Gasteiger partial charge in [0.2, 0.25) is 0 Å². The molecule has 0 spiro atoms. The maximum absolute atomic E-state index is 12.0. The number of nitrogens with one attached hydrogen (secondary N) is 1. The van der Waals surface area contributed by atoms with Crippen LogP contribution >= 0.6 is 0 Å². The van der Waals surface area contributed by atoms with Crippen molar-refractivity contribution in [1.29, 1.82) is 0 Å². The first-order valence-electron chi connectivity index (χ1n) is 7.16. The van der Waals surface area contributed by atoms with Crippen molar-refractivity contribution >= 4 is 11.7 Å². The van der Waals surface area contributed by atoms with E-state index in [-0.39, 0.29) is 12.0 Å². The van der Waals surface area contributed by atoms with Crippen molar-refractivity contribution in [1.82, 2.24) is 10.3 Å². The van der Waals surface area contributed by atoms with Crippen LogP contribution in [0.15, 0.2) is 18.3 Å². The predicted octanol–water partition coefficient (Wildman–Crippen LogP) is 1.43. The summed E-state index contributed by atoms with van der Waals surface area (Å²) in [6.07, 6.45) is 5.12. The minimum absolute atomic E-state index is 0.0751. The highest BCUT2D eigenvalue weighted by molar-refractivity contribution is 5.94. The Morgan fingerprint density at radius 1 is 1.35 bits per heavy atom. The summed E-state index contributed by atoms with van der Waals surface area (Å²) in [5, 5.41) is 12.4. The van der Waals surface area contributed by atoms with E-state index in [9.17, 15) is 9.90 Å². The quantitative estimate of drug-likeness (QED) is 0.874. The molecule has 1 heterocycles. The van der Waals surface area contributed by atoms with Gasteiger partial charge < -0.3 is 15.3 Å². The zero-order valence-corrected chi connectivity index (χ0v) is 12.2. The van der Waals surface area contributed by atoms with E-state index >= 15 is 0 Å². The lowest BCUT2D eigenvalue weighted by Gasteiger charge is -2.25. The predicted molar refractivity (Wildman–Crippen MR) is 78.9 cm³/mol. The van der Waals surface area contributed by atoms with E-state index in [4.69, 9.17) is 0 Å². The number of carbonyl (C=O) groups is 1. The van der Waals surface area contributed by atoms with Crippen molar-refractivity contribution in [2.24, 2.45) is 5.92 Å². The lowest BCUT2D eigenvalue weighted by atomic mass is 9.87. The van der Waals surface area contributed by atoms with E-state index in [2.05, 4.69) is 10.3 Å². The van der Waals surface area contributed by atoms with Crippen LogP contribution in [0.5, 0.6) is 0 Å². The molecular weight excluding hydrogens is 254 g/mol. The van der Waals surface area contributed by atoms with Crippen LogP contribution < -0.4 is 10.2 Å². The van der Waals surface area contributed by atoms with Crippen molar-refractivity contribution in [3.05, 3.63) is 23.9 Å². The number of pyridine rings is 1. The van der Waals surface area contributed by atoms with Gasteiger partial charge in [0.25, 0.3) is 5.91 Å². The molecule has 1 aromatic rings. The van der Waals surface area contributed by atoms with Crippen molar-refractivity contribution in [2.45, 2.75) is 31.8 Å². The molecule has 0 aromatic carbocycles. The number of hydrogen-bond acceptors (Lipinski definition) is 4. The van der Waals surface area contributed by atoms with Gasteiger partial charge in [-0.15, -0.1) is 0 Å². The third kappa shape index (κ3) is 3.93. The Balaban J connectivity index is 1.82. The molecular formula is C15H23N3O2. The number of aromatic nitrogens is 1. The van der Waals surface area contributed by atoms with Crippen molar-refractivity contribution in [3.63, 3.8) is 0 Å². The second-order valence-electron chi connectivity index (χ2n) is 5.68. The highest BCUT2D eigenvalue weighted by Gasteiger charge is 2.19. The fourth-order valence-corrected chi connectivity index (χ4v) is 2.47. The Bertz CT molecular complexity index is 437. The SMILES string of the molecule is CN(C)c1ccc(C(=O)NCC2CCC(O)CC2)cn1. The lowest BCUT2D eigenvalue weighted by molar-refractivity contribution is 0.0910. The second kappa shape index (κ2) is 6.70. The zero-order chi connectivity index (χ0) is 14.5. The van der Waals surface area contributed by atoms with Gasteiger partial charge in [0.15, 0.2) is 0 Å². The first-order valence-corrected chi connectivity index (χ1v) is 7.16. The zero-order valence-electron chi connectivity index (χ0n) is 12.2. The highest BCUT2D eigenvalue weighted by Crippen LogP contribution is 2.23. The van der Waals surface area contributed by atoms with Crippen LogP contribution in [0.25, 0.3) is 0 Å². The maximum Gasteiger partial charge on any atom is 0.252 e. The third-order valence-electron chi connectivity index (χ3n) is 3.84. The molecule has 20 heavy (non-hydrogen) atoms. The van der Waals surface area contributed by atoms with Gasteiger partial charge in [-0.25, -0.2) is 4.98 Å². The van der Waals surface area contributed by atoms with E-state index in [1.165, 1.54) is 0 Å². The normalized spacial score (nSPS) is 22.4. The summed E-state index contributed by atoms with van der Waals surface area (Å²) < 4.78 is 0. The van der Waals surface area contributed by atoms with E-state index < -0.39 is 0 Å². The average molecular weight is 277 g/mol. The van der Waals surface area contributed by atoms with Gasteiger partial charge in [-0.05, 0) is 43.7 Å². The molecule has 1 aliphatic carbocycles. The summed E-state index contributed by atoms with van der Waals surface area (Å²) in [7, 11) is 3.83. The van der Waals surface area contributed by atoms with Crippen LogP contribution in [0, 0.1) is 5.92 Å². The molecule has 0 atom stereocenters. The standard InChI is InChI=1S/C15H23N3O2/c1-18(2)14-8-5-12(10-16-14)15(20)17-9-11-3-6-13(19)7-4-11/h5,8,10-11,13,19H,3-4,6-7,9H2,1-2H3,(H,17,20). The second-order valence-corrected chi connectivity index (χ2v) is 5.68. The van der Waals surface area contributed by atoms with Gasteiger partial charge in [0.05, 0.1) is 11.7 Å². The molecule has 1 saturated carbocycles. The topological polar surface area (TPSA) is 65.5 Å². The van der Waals surface area contributed by atoms with Gasteiger partial charge in [-0.1, -0.05) is 0 Å². The number of amides is 1. The Hall–Kier alpha value is -1.62. The number of hydrogen-bond donors (Lipinski definition) is 2. The van der Waals surface area contributed by atoms with Crippen LogP contribution in [-0.4, -0.2) is 42.7 Å². The minimum Gasteiger partial charge on any atom is -0.393 e. The molecule has 0 aliphatic heterocycles. The van der Waals surface area contributed by atoms with Gasteiger partial charge in [-0.2, -0.15) is 0 Å². The van der Waals surface area contributed by atoms with Crippen molar-refractivity contribution < 1.29 is 9.90 Å². The first kappa shape index (κ1) is 14.8. The van der Waals surface area contributed by atoms with Crippen LogP contribution in [0.4, 0.5) is 5.82 Å². The summed E-state index contributed by atoms with van der Waals surface area (Å²) in [5.74, 6) is 1.24. The number of aliphatic hydroxyl groups excluding tert-OH is 1. The molecule has 0 radical (unpaired) electrons. The number of rotatable bonds is 4. The average Bonchev–Trinajstić information content (AvgIpc) is 2.46. The smallest absolute Gasteiger partial charge is 0.252 e. The molecule has 0 bridgehead atoms. The summed E-state index contributed by atoms with van der Waals surface area (Å²) in [4.78, 5) is 18.2.